The van der Waals surface area contributed by atoms with Gasteiger partial charge in [0.25, 0.3) is 5.91 Å². The fourth-order valence-electron chi connectivity index (χ4n) is 2.18. The third-order valence-corrected chi connectivity index (χ3v) is 3.63. The Morgan fingerprint density at radius 2 is 1.92 bits per heavy atom. The zero-order valence-electron chi connectivity index (χ0n) is 13.4. The first-order valence-corrected chi connectivity index (χ1v) is 8.19. The second-order valence-electron chi connectivity index (χ2n) is 5.32. The van der Waals surface area contributed by atoms with E-state index in [1.165, 1.54) is 6.21 Å². The van der Waals surface area contributed by atoms with E-state index in [1.807, 2.05) is 0 Å². The van der Waals surface area contributed by atoms with Crippen LogP contribution in [-0.4, -0.2) is 31.9 Å². The largest absolute Gasteiger partial charge is 0.490 e. The summed E-state index contributed by atoms with van der Waals surface area (Å²) in [6.45, 7) is 1.02. The van der Waals surface area contributed by atoms with Crippen LogP contribution in [0.1, 0.15) is 12.0 Å². The van der Waals surface area contributed by atoms with E-state index >= 15 is 0 Å². The van der Waals surface area contributed by atoms with Crippen molar-refractivity contribution >= 4 is 29.4 Å². The molecule has 130 valence electrons. The lowest BCUT2D eigenvalue weighted by atomic mass is 10.2. The van der Waals surface area contributed by atoms with Gasteiger partial charge in [-0.1, -0.05) is 28.9 Å². The molecule has 25 heavy (non-hydrogen) atoms. The molecule has 0 atom stereocenters. The first-order valence-electron chi connectivity index (χ1n) is 7.81. The molecule has 6 nitrogen and oxygen atoms in total. The van der Waals surface area contributed by atoms with Gasteiger partial charge in [0.2, 0.25) is 0 Å². The van der Waals surface area contributed by atoms with E-state index in [-0.39, 0.29) is 12.5 Å². The van der Waals surface area contributed by atoms with Crippen molar-refractivity contribution < 1.29 is 19.1 Å². The standard InChI is InChI=1S/C18H17ClN2O4/c19-14-4-2-13(3-5-14)11-20-25-12-18(22)21-15-6-7-16-17(10-15)24-9-1-8-23-16/h2-7,10-11H,1,8-9,12H2,(H,21,22)/b20-11+. The lowest BCUT2D eigenvalue weighted by molar-refractivity contribution is -0.120. The lowest BCUT2D eigenvalue weighted by Gasteiger charge is -2.10. The van der Waals surface area contributed by atoms with Crippen molar-refractivity contribution in [1.29, 1.82) is 0 Å². The molecule has 2 aromatic rings. The highest BCUT2D eigenvalue weighted by Crippen LogP contribution is 2.32. The van der Waals surface area contributed by atoms with E-state index in [1.54, 1.807) is 42.5 Å². The Balaban J connectivity index is 1.49. The SMILES string of the molecule is O=C(CO/N=C/c1ccc(Cl)cc1)Nc1ccc2c(c1)OCCCO2. The summed E-state index contributed by atoms with van der Waals surface area (Å²) in [6.07, 6.45) is 2.34. The lowest BCUT2D eigenvalue weighted by Crippen LogP contribution is -2.17. The smallest absolute Gasteiger partial charge is 0.265 e. The van der Waals surface area contributed by atoms with Gasteiger partial charge < -0.3 is 19.6 Å². The van der Waals surface area contributed by atoms with Gasteiger partial charge in [-0.15, -0.1) is 0 Å². The number of halogens is 1. The molecule has 3 rings (SSSR count). The van der Waals surface area contributed by atoms with E-state index in [0.29, 0.717) is 35.4 Å². The molecule has 1 N–H and O–H groups in total. The summed E-state index contributed by atoms with van der Waals surface area (Å²) in [6, 6.07) is 12.4. The van der Waals surface area contributed by atoms with E-state index in [4.69, 9.17) is 25.9 Å². The number of benzene rings is 2. The third kappa shape index (κ3) is 5.12. The molecule has 0 radical (unpaired) electrons. The van der Waals surface area contributed by atoms with Gasteiger partial charge in [0.05, 0.1) is 19.4 Å². The van der Waals surface area contributed by atoms with Crippen molar-refractivity contribution in [1.82, 2.24) is 0 Å². The number of hydrogen-bond acceptors (Lipinski definition) is 5. The summed E-state index contributed by atoms with van der Waals surface area (Å²) in [4.78, 5) is 16.9. The van der Waals surface area contributed by atoms with E-state index in [9.17, 15) is 4.79 Å². The summed E-state index contributed by atoms with van der Waals surface area (Å²) < 4.78 is 11.1. The van der Waals surface area contributed by atoms with Crippen molar-refractivity contribution in [2.45, 2.75) is 6.42 Å². The molecular formula is C18H17ClN2O4. The van der Waals surface area contributed by atoms with Crippen LogP contribution in [-0.2, 0) is 9.63 Å². The highest BCUT2D eigenvalue weighted by Gasteiger charge is 2.12. The summed E-state index contributed by atoms with van der Waals surface area (Å²) in [5.41, 5.74) is 1.44. The van der Waals surface area contributed by atoms with Crippen molar-refractivity contribution in [3.05, 3.63) is 53.1 Å². The van der Waals surface area contributed by atoms with Crippen LogP contribution >= 0.6 is 11.6 Å². The Morgan fingerprint density at radius 3 is 2.72 bits per heavy atom. The maximum absolute atomic E-state index is 11.9. The van der Waals surface area contributed by atoms with Crippen molar-refractivity contribution in [3.63, 3.8) is 0 Å². The van der Waals surface area contributed by atoms with Crippen LogP contribution in [0.5, 0.6) is 11.5 Å². The monoisotopic (exact) mass is 360 g/mol. The zero-order chi connectivity index (χ0) is 17.5. The first kappa shape index (κ1) is 17.1. The van der Waals surface area contributed by atoms with Crippen molar-refractivity contribution in [2.75, 3.05) is 25.1 Å². The normalized spacial score (nSPS) is 13.3. The highest BCUT2D eigenvalue weighted by molar-refractivity contribution is 6.30. The predicted octanol–water partition coefficient (Wildman–Crippen LogP) is 3.49. The second-order valence-corrected chi connectivity index (χ2v) is 5.76. The van der Waals surface area contributed by atoms with Crippen LogP contribution in [0, 0.1) is 0 Å². The van der Waals surface area contributed by atoms with Crippen molar-refractivity contribution in [2.24, 2.45) is 5.16 Å². The van der Waals surface area contributed by atoms with Crippen LogP contribution in [0.4, 0.5) is 5.69 Å². The van der Waals surface area contributed by atoms with Gasteiger partial charge in [0, 0.05) is 23.2 Å². The summed E-state index contributed by atoms with van der Waals surface area (Å²) >= 11 is 5.80. The summed E-state index contributed by atoms with van der Waals surface area (Å²) in [7, 11) is 0. The molecule has 0 unspecified atom stereocenters. The summed E-state index contributed by atoms with van der Waals surface area (Å²) in [5, 5.41) is 7.14. The molecule has 1 amide bonds. The molecule has 0 saturated carbocycles. The first-order chi connectivity index (χ1) is 12.2. The fourth-order valence-corrected chi connectivity index (χ4v) is 2.31. The number of nitrogens with zero attached hydrogens (tertiary/aromatic N) is 1. The van der Waals surface area contributed by atoms with E-state index < -0.39 is 0 Å². The maximum Gasteiger partial charge on any atom is 0.265 e. The van der Waals surface area contributed by atoms with Gasteiger partial charge in [-0.3, -0.25) is 4.79 Å². The number of carbonyl (C=O) groups excluding carboxylic acids is 1. The molecule has 1 aliphatic rings. The summed E-state index contributed by atoms with van der Waals surface area (Å²) in [5.74, 6) is 0.985. The molecule has 7 heteroatoms. The van der Waals surface area contributed by atoms with Crippen LogP contribution in [0.3, 0.4) is 0 Å². The molecule has 2 aromatic carbocycles. The van der Waals surface area contributed by atoms with E-state index in [0.717, 1.165) is 12.0 Å². The van der Waals surface area contributed by atoms with Gasteiger partial charge in [-0.25, -0.2) is 0 Å². The average Bonchev–Trinajstić information content (AvgIpc) is 2.85. The Morgan fingerprint density at radius 1 is 1.16 bits per heavy atom. The quantitative estimate of drug-likeness (QED) is 0.654. The predicted molar refractivity (Wildman–Crippen MR) is 95.7 cm³/mol. The number of ether oxygens (including phenoxy) is 2. The Kier molecular flexibility index (Phi) is 5.74. The second kappa shape index (κ2) is 8.39. The minimum absolute atomic E-state index is 0.196. The Bertz CT molecular complexity index is 762. The number of carbonyl (C=O) groups is 1. The van der Waals surface area contributed by atoms with Gasteiger partial charge in [0.15, 0.2) is 18.1 Å². The topological polar surface area (TPSA) is 69.2 Å². The van der Waals surface area contributed by atoms with Gasteiger partial charge in [-0.2, -0.15) is 0 Å². The van der Waals surface area contributed by atoms with Gasteiger partial charge in [0.1, 0.15) is 0 Å². The molecule has 0 saturated heterocycles. The molecule has 0 bridgehead atoms. The molecule has 0 spiro atoms. The molecule has 1 heterocycles. The zero-order valence-corrected chi connectivity index (χ0v) is 14.2. The van der Waals surface area contributed by atoms with E-state index in [2.05, 4.69) is 10.5 Å². The van der Waals surface area contributed by atoms with Crippen LogP contribution < -0.4 is 14.8 Å². The molecule has 0 aliphatic carbocycles. The number of amides is 1. The number of fused-ring (bicyclic) bond motifs is 1. The van der Waals surface area contributed by atoms with Crippen LogP contribution in [0.2, 0.25) is 5.02 Å². The Labute approximate surface area is 150 Å². The highest BCUT2D eigenvalue weighted by atomic mass is 35.5. The minimum atomic E-state index is -0.317. The average molecular weight is 361 g/mol. The number of hydrogen-bond donors (Lipinski definition) is 1. The number of anilines is 1. The molecule has 0 aromatic heterocycles. The fraction of sp³-hybridized carbons (Fsp3) is 0.222. The Hall–Kier alpha value is -2.73. The maximum atomic E-state index is 11.9. The number of rotatable bonds is 5. The number of nitrogens with one attached hydrogen (secondary N) is 1. The van der Waals surface area contributed by atoms with Crippen LogP contribution in [0.25, 0.3) is 0 Å². The van der Waals surface area contributed by atoms with Gasteiger partial charge in [-0.05, 0) is 29.8 Å². The minimum Gasteiger partial charge on any atom is -0.490 e. The molecule has 1 aliphatic heterocycles. The number of oxime groups is 1. The van der Waals surface area contributed by atoms with Gasteiger partial charge >= 0.3 is 0 Å². The van der Waals surface area contributed by atoms with Crippen LogP contribution in [0.15, 0.2) is 47.6 Å². The van der Waals surface area contributed by atoms with Crippen molar-refractivity contribution in [3.8, 4) is 11.5 Å². The molecular weight excluding hydrogens is 344 g/mol. The third-order valence-electron chi connectivity index (χ3n) is 3.37. The molecule has 0 fully saturated rings.